The fourth-order valence-electron chi connectivity index (χ4n) is 5.58. The quantitative estimate of drug-likeness (QED) is 0.639. The fraction of sp³-hybridized carbons (Fsp3) is 0.720. The first kappa shape index (κ1) is 24.5. The highest BCUT2D eigenvalue weighted by molar-refractivity contribution is 7.87. The van der Waals surface area contributed by atoms with Crippen molar-refractivity contribution in [2.45, 2.75) is 76.9 Å². The van der Waals surface area contributed by atoms with Gasteiger partial charge < -0.3 is 4.74 Å². The molecule has 4 rings (SSSR count). The zero-order valence-corrected chi connectivity index (χ0v) is 21.2. The number of carbonyl (C=O) groups is 1. The first-order chi connectivity index (χ1) is 15.5. The van der Waals surface area contributed by atoms with E-state index in [2.05, 4.69) is 46.9 Å². The largest absolute Gasteiger partial charge is 0.443 e. The van der Waals surface area contributed by atoms with Gasteiger partial charge in [0.2, 0.25) is 0 Å². The Morgan fingerprint density at radius 2 is 1.79 bits per heavy atom. The van der Waals surface area contributed by atoms with Crippen LogP contribution in [0.4, 0.5) is 4.79 Å². The van der Waals surface area contributed by atoms with Gasteiger partial charge in [-0.1, -0.05) is 37.3 Å². The zero-order chi connectivity index (χ0) is 23.9. The van der Waals surface area contributed by atoms with Gasteiger partial charge in [0.1, 0.15) is 5.60 Å². The number of nitrogens with one attached hydrogen (secondary N) is 1. The maximum Gasteiger partial charge on any atom is 0.422 e. The Balaban J connectivity index is 1.24. The lowest BCUT2D eigenvalue weighted by atomic mass is 9.82. The van der Waals surface area contributed by atoms with Gasteiger partial charge in [0.25, 0.3) is 0 Å². The maximum atomic E-state index is 12.6. The van der Waals surface area contributed by atoms with Gasteiger partial charge in [-0.2, -0.15) is 12.7 Å². The number of piperidine rings is 1. The van der Waals surface area contributed by atoms with Crippen LogP contribution in [0.5, 0.6) is 0 Å². The summed E-state index contributed by atoms with van der Waals surface area (Å²) < 4.78 is 33.8. The van der Waals surface area contributed by atoms with E-state index in [9.17, 15) is 13.2 Å². The first-order valence-electron chi connectivity index (χ1n) is 12.3. The van der Waals surface area contributed by atoms with Crippen LogP contribution >= 0.6 is 0 Å². The maximum absolute atomic E-state index is 12.6. The molecule has 33 heavy (non-hydrogen) atoms. The normalized spacial score (nSPS) is 26.4. The van der Waals surface area contributed by atoms with Gasteiger partial charge in [0.15, 0.2) is 0 Å². The van der Waals surface area contributed by atoms with Crippen LogP contribution in [-0.2, 0) is 14.9 Å². The first-order valence-corrected chi connectivity index (χ1v) is 13.8. The number of amides is 1. The lowest BCUT2D eigenvalue weighted by Gasteiger charge is -2.56. The number of hydrogen-bond acceptors (Lipinski definition) is 5. The second-order valence-electron chi connectivity index (χ2n) is 11.1. The van der Waals surface area contributed by atoms with Crippen LogP contribution in [0.2, 0.25) is 0 Å². The molecule has 2 atom stereocenters. The van der Waals surface area contributed by atoms with Crippen LogP contribution in [0, 0.1) is 11.8 Å². The van der Waals surface area contributed by atoms with E-state index in [4.69, 9.17) is 4.74 Å². The second-order valence-corrected chi connectivity index (χ2v) is 12.8. The predicted octanol–water partition coefficient (Wildman–Crippen LogP) is 4.13. The molecule has 1 aromatic carbocycles. The SMILES string of the molecule is CCC1(N2CCC(C[C@@H]3CC3c3ccccc3)CC2)CN(S(=O)(=O)NC(=O)OC(C)(C)C)C1. The molecule has 1 saturated carbocycles. The average molecular weight is 478 g/mol. The van der Waals surface area contributed by atoms with Crippen LogP contribution < -0.4 is 4.72 Å². The molecule has 2 heterocycles. The van der Waals surface area contributed by atoms with Crippen molar-refractivity contribution in [1.82, 2.24) is 13.9 Å². The van der Waals surface area contributed by atoms with Crippen molar-refractivity contribution in [2.75, 3.05) is 26.2 Å². The lowest BCUT2D eigenvalue weighted by Crippen LogP contribution is -2.73. The Labute approximate surface area is 199 Å². The third-order valence-electron chi connectivity index (χ3n) is 7.62. The van der Waals surface area contributed by atoms with Gasteiger partial charge in [0.05, 0.1) is 0 Å². The molecule has 1 amide bonds. The van der Waals surface area contributed by atoms with E-state index in [0.717, 1.165) is 37.3 Å². The topological polar surface area (TPSA) is 79.0 Å². The monoisotopic (exact) mass is 477 g/mol. The lowest BCUT2D eigenvalue weighted by molar-refractivity contribution is -0.0365. The van der Waals surface area contributed by atoms with Crippen molar-refractivity contribution in [2.24, 2.45) is 11.8 Å². The molecule has 3 aliphatic rings. The minimum Gasteiger partial charge on any atom is -0.443 e. The number of nitrogens with zero attached hydrogens (tertiary/aromatic N) is 2. The molecular formula is C25H39N3O4S. The smallest absolute Gasteiger partial charge is 0.422 e. The molecule has 1 aromatic rings. The molecule has 7 nitrogen and oxygen atoms in total. The van der Waals surface area contributed by atoms with Crippen molar-refractivity contribution in [3.8, 4) is 0 Å². The predicted molar refractivity (Wildman–Crippen MR) is 129 cm³/mol. The summed E-state index contributed by atoms with van der Waals surface area (Å²) >= 11 is 0. The Kier molecular flexibility index (Phi) is 6.82. The Bertz CT molecular complexity index is 930. The summed E-state index contributed by atoms with van der Waals surface area (Å²) in [5, 5.41) is 0. The molecule has 184 valence electrons. The second kappa shape index (κ2) is 9.19. The zero-order valence-electron chi connectivity index (χ0n) is 20.4. The van der Waals surface area contributed by atoms with Gasteiger partial charge in [0, 0.05) is 18.6 Å². The summed E-state index contributed by atoms with van der Waals surface area (Å²) in [5.41, 5.74) is 0.619. The molecule has 0 radical (unpaired) electrons. The van der Waals surface area contributed by atoms with E-state index >= 15 is 0 Å². The third kappa shape index (κ3) is 5.72. The van der Waals surface area contributed by atoms with Gasteiger partial charge in [-0.3, -0.25) is 4.90 Å². The molecule has 2 aliphatic heterocycles. The minimum absolute atomic E-state index is 0.125. The van der Waals surface area contributed by atoms with Gasteiger partial charge in [-0.25, -0.2) is 9.52 Å². The molecule has 1 aliphatic carbocycles. The number of benzene rings is 1. The van der Waals surface area contributed by atoms with Crippen LogP contribution in [0.1, 0.15) is 71.3 Å². The van der Waals surface area contributed by atoms with Crippen LogP contribution in [-0.4, -0.2) is 61.0 Å². The highest BCUT2D eigenvalue weighted by Gasteiger charge is 2.52. The molecule has 3 fully saturated rings. The number of likely N-dealkylation sites (tertiary alicyclic amines) is 1. The van der Waals surface area contributed by atoms with E-state index in [1.165, 1.54) is 35.6 Å². The summed E-state index contributed by atoms with van der Waals surface area (Å²) in [6.45, 7) is 10.1. The van der Waals surface area contributed by atoms with Gasteiger partial charge in [-0.15, -0.1) is 0 Å². The van der Waals surface area contributed by atoms with Crippen molar-refractivity contribution < 1.29 is 17.9 Å². The highest BCUT2D eigenvalue weighted by atomic mass is 32.2. The summed E-state index contributed by atoms with van der Waals surface area (Å²) in [5.74, 6) is 2.34. The van der Waals surface area contributed by atoms with Crippen molar-refractivity contribution >= 4 is 16.3 Å². The van der Waals surface area contributed by atoms with Gasteiger partial charge in [-0.05, 0) is 89.3 Å². The summed E-state index contributed by atoms with van der Waals surface area (Å²) in [4.78, 5) is 14.4. The Hall–Kier alpha value is -1.64. The summed E-state index contributed by atoms with van der Waals surface area (Å²) in [6.07, 6.45) is 4.97. The van der Waals surface area contributed by atoms with Crippen LogP contribution in [0.15, 0.2) is 30.3 Å². The number of rotatable bonds is 7. The summed E-state index contributed by atoms with van der Waals surface area (Å²) in [6, 6.07) is 10.9. The van der Waals surface area contributed by atoms with Crippen molar-refractivity contribution in [3.05, 3.63) is 35.9 Å². The fourth-order valence-corrected chi connectivity index (χ4v) is 6.79. The number of hydrogen-bond donors (Lipinski definition) is 1. The molecule has 1 N–H and O–H groups in total. The van der Waals surface area contributed by atoms with Crippen molar-refractivity contribution in [3.63, 3.8) is 0 Å². The van der Waals surface area contributed by atoms with E-state index in [1.807, 2.05) is 0 Å². The van der Waals surface area contributed by atoms with Gasteiger partial charge >= 0.3 is 16.3 Å². The minimum atomic E-state index is -3.88. The Morgan fingerprint density at radius 1 is 1.15 bits per heavy atom. The van der Waals surface area contributed by atoms with E-state index in [-0.39, 0.29) is 5.54 Å². The number of carbonyl (C=O) groups excluding carboxylic acids is 1. The molecule has 0 bridgehead atoms. The molecule has 8 heteroatoms. The molecule has 1 unspecified atom stereocenters. The third-order valence-corrected chi connectivity index (χ3v) is 8.98. The standard InChI is InChI=1S/C25H39N3O4S/c1-5-25(17-28(18-25)33(30,31)26-23(29)32-24(2,3)4)27-13-11-19(12-14-27)15-21-16-22(21)20-9-7-6-8-10-20/h6-10,19,21-22H,5,11-18H2,1-4H3,(H,26,29)/t21-,22?/m1/s1. The van der Waals surface area contributed by atoms with E-state index < -0.39 is 21.9 Å². The average Bonchev–Trinajstić information content (AvgIpc) is 3.46. The molecular weight excluding hydrogens is 438 g/mol. The summed E-state index contributed by atoms with van der Waals surface area (Å²) in [7, 11) is -3.88. The van der Waals surface area contributed by atoms with Crippen LogP contribution in [0.25, 0.3) is 0 Å². The van der Waals surface area contributed by atoms with Crippen molar-refractivity contribution in [1.29, 1.82) is 0 Å². The van der Waals surface area contributed by atoms with Crippen LogP contribution in [0.3, 0.4) is 0 Å². The van der Waals surface area contributed by atoms with E-state index in [0.29, 0.717) is 13.1 Å². The van der Waals surface area contributed by atoms with E-state index in [1.54, 1.807) is 20.8 Å². The molecule has 0 aromatic heterocycles. The molecule has 2 saturated heterocycles. The number of ether oxygens (including phenoxy) is 1. The highest BCUT2D eigenvalue weighted by Crippen LogP contribution is 2.52. The Morgan fingerprint density at radius 3 is 2.36 bits per heavy atom. The molecule has 0 spiro atoms.